The monoisotopic (exact) mass is 253 g/mol. The Hall–Kier alpha value is -1.46. The van der Waals surface area contributed by atoms with Crippen molar-refractivity contribution >= 4 is 5.84 Å². The number of nitrogens with two attached hydrogens (primary N) is 1. The standard InChI is InChI=1S/C13H20FN3O/c1-2-17(6-3-7-18)9-11-5-4-10(13(15)16)8-12(11)14/h4-5,8,18H,2-3,6-7,9H2,1H3,(H3,15,16). The van der Waals surface area contributed by atoms with E-state index in [9.17, 15) is 4.39 Å². The first-order valence-corrected chi connectivity index (χ1v) is 6.04. The maximum atomic E-state index is 13.8. The van der Waals surface area contributed by atoms with E-state index in [0.717, 1.165) is 13.1 Å². The summed E-state index contributed by atoms with van der Waals surface area (Å²) in [6, 6.07) is 4.60. The zero-order chi connectivity index (χ0) is 13.5. The van der Waals surface area contributed by atoms with Gasteiger partial charge in [0.15, 0.2) is 0 Å². The summed E-state index contributed by atoms with van der Waals surface area (Å²) < 4.78 is 13.8. The molecule has 0 aromatic heterocycles. The number of halogens is 1. The zero-order valence-electron chi connectivity index (χ0n) is 10.6. The quantitative estimate of drug-likeness (QED) is 0.507. The van der Waals surface area contributed by atoms with Gasteiger partial charge < -0.3 is 10.8 Å². The number of aliphatic hydroxyl groups is 1. The third kappa shape index (κ3) is 4.09. The number of nitrogens with zero attached hydrogens (tertiary/aromatic N) is 1. The fourth-order valence-corrected chi connectivity index (χ4v) is 1.73. The lowest BCUT2D eigenvalue weighted by atomic mass is 10.1. The van der Waals surface area contributed by atoms with Crippen molar-refractivity contribution in [2.45, 2.75) is 19.9 Å². The molecule has 0 amide bonds. The minimum atomic E-state index is -0.342. The van der Waals surface area contributed by atoms with E-state index in [1.54, 1.807) is 12.1 Å². The molecule has 1 rings (SSSR count). The molecule has 0 unspecified atom stereocenters. The van der Waals surface area contributed by atoms with Crippen LogP contribution in [-0.4, -0.2) is 35.5 Å². The highest BCUT2D eigenvalue weighted by Gasteiger charge is 2.09. The minimum Gasteiger partial charge on any atom is -0.396 e. The summed E-state index contributed by atoms with van der Waals surface area (Å²) in [4.78, 5) is 2.06. The van der Waals surface area contributed by atoms with Crippen LogP contribution in [0.4, 0.5) is 4.39 Å². The van der Waals surface area contributed by atoms with Crippen molar-refractivity contribution in [3.63, 3.8) is 0 Å². The molecule has 0 aliphatic rings. The average molecular weight is 253 g/mol. The summed E-state index contributed by atoms with van der Waals surface area (Å²) in [7, 11) is 0. The average Bonchev–Trinajstić information content (AvgIpc) is 2.35. The number of nitrogen functional groups attached to an aromatic ring is 1. The van der Waals surface area contributed by atoms with E-state index in [2.05, 4.69) is 4.90 Å². The molecule has 5 heteroatoms. The van der Waals surface area contributed by atoms with Crippen LogP contribution in [0, 0.1) is 11.2 Å². The molecular weight excluding hydrogens is 233 g/mol. The van der Waals surface area contributed by atoms with Gasteiger partial charge in [0, 0.05) is 30.8 Å². The molecule has 0 aliphatic carbocycles. The first-order valence-electron chi connectivity index (χ1n) is 6.04. The maximum Gasteiger partial charge on any atom is 0.128 e. The van der Waals surface area contributed by atoms with Crippen LogP contribution < -0.4 is 5.73 Å². The van der Waals surface area contributed by atoms with E-state index in [1.807, 2.05) is 6.92 Å². The Labute approximate surface area is 107 Å². The molecule has 4 nitrogen and oxygen atoms in total. The van der Waals surface area contributed by atoms with Crippen LogP contribution in [0.5, 0.6) is 0 Å². The summed E-state index contributed by atoms with van der Waals surface area (Å²) in [6.45, 7) is 4.18. The Morgan fingerprint density at radius 2 is 2.22 bits per heavy atom. The van der Waals surface area contributed by atoms with Gasteiger partial charge in [0.1, 0.15) is 11.7 Å². The summed E-state index contributed by atoms with van der Waals surface area (Å²) in [5.74, 6) is -0.474. The highest BCUT2D eigenvalue weighted by molar-refractivity contribution is 5.94. The largest absolute Gasteiger partial charge is 0.396 e. The third-order valence-electron chi connectivity index (χ3n) is 2.84. The molecule has 0 saturated carbocycles. The van der Waals surface area contributed by atoms with E-state index in [4.69, 9.17) is 16.2 Å². The zero-order valence-corrected chi connectivity index (χ0v) is 10.6. The van der Waals surface area contributed by atoms with Crippen LogP contribution in [0.1, 0.15) is 24.5 Å². The molecule has 0 radical (unpaired) electrons. The Balaban J connectivity index is 2.74. The third-order valence-corrected chi connectivity index (χ3v) is 2.84. The Morgan fingerprint density at radius 3 is 2.72 bits per heavy atom. The summed E-state index contributed by atoms with van der Waals surface area (Å²) in [5, 5.41) is 16.0. The summed E-state index contributed by atoms with van der Waals surface area (Å²) in [5.41, 5.74) is 6.29. The van der Waals surface area contributed by atoms with E-state index < -0.39 is 0 Å². The van der Waals surface area contributed by atoms with E-state index in [1.165, 1.54) is 6.07 Å². The fourth-order valence-electron chi connectivity index (χ4n) is 1.73. The fraction of sp³-hybridized carbons (Fsp3) is 0.462. The molecule has 1 aromatic rings. The molecule has 0 bridgehead atoms. The van der Waals surface area contributed by atoms with Crippen molar-refractivity contribution in [1.82, 2.24) is 4.90 Å². The molecule has 0 heterocycles. The first kappa shape index (κ1) is 14.6. The highest BCUT2D eigenvalue weighted by atomic mass is 19.1. The molecule has 1 aromatic carbocycles. The van der Waals surface area contributed by atoms with Crippen LogP contribution in [0.2, 0.25) is 0 Å². The number of nitrogens with one attached hydrogen (secondary N) is 1. The minimum absolute atomic E-state index is 0.131. The number of rotatable bonds is 7. The lowest BCUT2D eigenvalue weighted by Crippen LogP contribution is -2.25. The SMILES string of the molecule is CCN(CCCO)Cc1ccc(C(=N)N)cc1F. The summed E-state index contributed by atoms with van der Waals surface area (Å²) >= 11 is 0. The van der Waals surface area contributed by atoms with Crippen LogP contribution in [0.25, 0.3) is 0 Å². The maximum absolute atomic E-state index is 13.8. The topological polar surface area (TPSA) is 73.3 Å². The van der Waals surface area contributed by atoms with Gasteiger partial charge in [-0.2, -0.15) is 0 Å². The van der Waals surface area contributed by atoms with Gasteiger partial charge in [0.2, 0.25) is 0 Å². The molecule has 0 aliphatic heterocycles. The second kappa shape index (κ2) is 7.08. The number of benzene rings is 1. The Bertz CT molecular complexity index is 409. The normalized spacial score (nSPS) is 10.9. The van der Waals surface area contributed by atoms with Crippen molar-refractivity contribution in [1.29, 1.82) is 5.41 Å². The van der Waals surface area contributed by atoms with Gasteiger partial charge in [-0.1, -0.05) is 19.1 Å². The van der Waals surface area contributed by atoms with Crippen molar-refractivity contribution in [3.8, 4) is 0 Å². The first-order chi connectivity index (χ1) is 8.58. The predicted molar refractivity (Wildman–Crippen MR) is 70.1 cm³/mol. The van der Waals surface area contributed by atoms with Gasteiger partial charge in [-0.05, 0) is 19.0 Å². The molecule has 0 saturated heterocycles. The van der Waals surface area contributed by atoms with E-state index in [-0.39, 0.29) is 18.3 Å². The molecule has 0 spiro atoms. The van der Waals surface area contributed by atoms with Gasteiger partial charge in [-0.15, -0.1) is 0 Å². The van der Waals surface area contributed by atoms with Crippen LogP contribution >= 0.6 is 0 Å². The van der Waals surface area contributed by atoms with Gasteiger partial charge in [-0.25, -0.2) is 4.39 Å². The van der Waals surface area contributed by atoms with Crippen LogP contribution in [0.15, 0.2) is 18.2 Å². The van der Waals surface area contributed by atoms with Crippen molar-refractivity contribution in [2.24, 2.45) is 5.73 Å². The molecule has 0 fully saturated rings. The number of hydrogen-bond donors (Lipinski definition) is 3. The lowest BCUT2D eigenvalue weighted by Gasteiger charge is -2.20. The van der Waals surface area contributed by atoms with Gasteiger partial charge in [-0.3, -0.25) is 10.3 Å². The smallest absolute Gasteiger partial charge is 0.128 e. The molecule has 0 atom stereocenters. The lowest BCUT2D eigenvalue weighted by molar-refractivity contribution is 0.224. The second-order valence-electron chi connectivity index (χ2n) is 4.17. The molecule has 4 N–H and O–H groups in total. The number of amidine groups is 1. The van der Waals surface area contributed by atoms with Crippen molar-refractivity contribution in [2.75, 3.05) is 19.7 Å². The van der Waals surface area contributed by atoms with Crippen molar-refractivity contribution < 1.29 is 9.50 Å². The van der Waals surface area contributed by atoms with Crippen LogP contribution in [0.3, 0.4) is 0 Å². The number of hydrogen-bond acceptors (Lipinski definition) is 3. The molecular formula is C13H20FN3O. The molecule has 100 valence electrons. The Morgan fingerprint density at radius 1 is 1.50 bits per heavy atom. The van der Waals surface area contributed by atoms with Crippen molar-refractivity contribution in [3.05, 3.63) is 35.1 Å². The Kier molecular flexibility index (Phi) is 5.74. The van der Waals surface area contributed by atoms with Crippen LogP contribution in [-0.2, 0) is 6.54 Å². The van der Waals surface area contributed by atoms with E-state index in [0.29, 0.717) is 24.1 Å². The predicted octanol–water partition coefficient (Wildman–Crippen LogP) is 1.31. The summed E-state index contributed by atoms with van der Waals surface area (Å²) in [6.07, 6.45) is 0.682. The van der Waals surface area contributed by atoms with E-state index >= 15 is 0 Å². The van der Waals surface area contributed by atoms with Gasteiger partial charge in [0.05, 0.1) is 0 Å². The van der Waals surface area contributed by atoms with Gasteiger partial charge >= 0.3 is 0 Å². The second-order valence-corrected chi connectivity index (χ2v) is 4.17. The highest BCUT2D eigenvalue weighted by Crippen LogP contribution is 2.13. The van der Waals surface area contributed by atoms with Gasteiger partial charge in [0.25, 0.3) is 0 Å². The molecule has 18 heavy (non-hydrogen) atoms. The number of aliphatic hydroxyl groups excluding tert-OH is 1.